The number of hydrogen-bond acceptors (Lipinski definition) is 1. The number of benzene rings is 2. The Bertz CT molecular complexity index is 624. The van der Waals surface area contributed by atoms with Gasteiger partial charge in [0, 0.05) is 4.47 Å². The average molecular weight is 337 g/mol. The summed E-state index contributed by atoms with van der Waals surface area (Å²) >= 11 is 9.47. The Balaban J connectivity index is 1.94. The molecular weight excluding hydrogens is 322 g/mol. The second-order valence-electron chi connectivity index (χ2n) is 5.03. The number of fused-ring (bicyclic) bond motifs is 1. The van der Waals surface area contributed by atoms with E-state index in [1.54, 1.807) is 0 Å². The third-order valence-electron chi connectivity index (χ3n) is 3.78. The first-order chi connectivity index (χ1) is 9.15. The highest BCUT2D eigenvalue weighted by atomic mass is 79.9. The minimum Gasteiger partial charge on any atom is -0.320 e. The molecule has 3 heteroatoms. The van der Waals surface area contributed by atoms with Crippen LogP contribution >= 0.6 is 27.5 Å². The lowest BCUT2D eigenvalue weighted by Crippen LogP contribution is -2.12. The highest BCUT2D eigenvalue weighted by Crippen LogP contribution is 2.30. The Morgan fingerprint density at radius 1 is 1.00 bits per heavy atom. The molecule has 0 aliphatic heterocycles. The predicted molar refractivity (Wildman–Crippen MR) is 83.6 cm³/mol. The van der Waals surface area contributed by atoms with Gasteiger partial charge in [0.2, 0.25) is 0 Å². The lowest BCUT2D eigenvalue weighted by Gasteiger charge is -2.15. The van der Waals surface area contributed by atoms with Crippen molar-refractivity contribution in [1.29, 1.82) is 0 Å². The number of rotatable bonds is 2. The molecule has 0 bridgehead atoms. The topological polar surface area (TPSA) is 26.0 Å². The molecule has 2 aromatic carbocycles. The zero-order valence-corrected chi connectivity index (χ0v) is 12.8. The standard InChI is InChI=1S/C16H15BrClN/c17-14-9-13(6-7-15(14)18)16(19)12-5-4-10-2-1-3-11(10)8-12/h4-9,16H,1-3,19H2. The molecule has 0 saturated heterocycles. The Hall–Kier alpha value is -0.830. The summed E-state index contributed by atoms with van der Waals surface area (Å²) in [6.45, 7) is 0. The van der Waals surface area contributed by atoms with E-state index in [1.807, 2.05) is 18.2 Å². The van der Waals surface area contributed by atoms with Crippen molar-refractivity contribution in [3.63, 3.8) is 0 Å². The minimum absolute atomic E-state index is 0.0977. The summed E-state index contributed by atoms with van der Waals surface area (Å²) in [5.41, 5.74) is 11.6. The van der Waals surface area contributed by atoms with Crippen molar-refractivity contribution < 1.29 is 0 Å². The van der Waals surface area contributed by atoms with Crippen LogP contribution in [0.5, 0.6) is 0 Å². The molecular formula is C16H15BrClN. The summed E-state index contributed by atoms with van der Waals surface area (Å²) in [5, 5.41) is 0.713. The van der Waals surface area contributed by atoms with Gasteiger partial charge in [-0.1, -0.05) is 35.9 Å². The molecule has 1 aliphatic carbocycles. The number of nitrogens with two attached hydrogens (primary N) is 1. The maximum atomic E-state index is 6.37. The Labute approximate surface area is 126 Å². The van der Waals surface area contributed by atoms with Crippen LogP contribution in [-0.2, 0) is 12.8 Å². The number of aryl methyl sites for hydroxylation is 2. The van der Waals surface area contributed by atoms with Crippen molar-refractivity contribution >= 4 is 27.5 Å². The van der Waals surface area contributed by atoms with Crippen molar-refractivity contribution in [2.24, 2.45) is 5.73 Å². The van der Waals surface area contributed by atoms with Crippen molar-refractivity contribution in [2.75, 3.05) is 0 Å². The fraction of sp³-hybridized carbons (Fsp3) is 0.250. The SMILES string of the molecule is NC(c1ccc(Cl)c(Br)c1)c1ccc2c(c1)CCC2. The third kappa shape index (κ3) is 2.58. The van der Waals surface area contributed by atoms with Gasteiger partial charge < -0.3 is 5.73 Å². The summed E-state index contributed by atoms with van der Waals surface area (Å²) in [5.74, 6) is 0. The van der Waals surface area contributed by atoms with E-state index < -0.39 is 0 Å². The molecule has 19 heavy (non-hydrogen) atoms. The van der Waals surface area contributed by atoms with E-state index in [1.165, 1.54) is 36.0 Å². The molecule has 2 N–H and O–H groups in total. The normalized spacial score (nSPS) is 15.3. The Kier molecular flexibility index (Phi) is 3.66. The summed E-state index contributed by atoms with van der Waals surface area (Å²) in [4.78, 5) is 0. The largest absolute Gasteiger partial charge is 0.320 e. The molecule has 3 rings (SSSR count). The van der Waals surface area contributed by atoms with Gasteiger partial charge in [-0.05, 0) is 69.6 Å². The lowest BCUT2D eigenvalue weighted by molar-refractivity contribution is 0.866. The number of hydrogen-bond donors (Lipinski definition) is 1. The van der Waals surface area contributed by atoms with Gasteiger partial charge in [0.05, 0.1) is 11.1 Å². The van der Waals surface area contributed by atoms with Crippen LogP contribution in [0.4, 0.5) is 0 Å². The first kappa shape index (κ1) is 13.2. The van der Waals surface area contributed by atoms with Crippen LogP contribution in [0.15, 0.2) is 40.9 Å². The van der Waals surface area contributed by atoms with Crippen LogP contribution in [0.2, 0.25) is 5.02 Å². The van der Waals surface area contributed by atoms with Crippen LogP contribution in [-0.4, -0.2) is 0 Å². The van der Waals surface area contributed by atoms with E-state index in [0.29, 0.717) is 5.02 Å². The quantitative estimate of drug-likeness (QED) is 0.849. The molecule has 98 valence electrons. The van der Waals surface area contributed by atoms with Gasteiger partial charge in [-0.15, -0.1) is 0 Å². The average Bonchev–Trinajstić information content (AvgIpc) is 2.88. The third-order valence-corrected chi connectivity index (χ3v) is 5.00. The summed E-state index contributed by atoms with van der Waals surface area (Å²) < 4.78 is 0.892. The summed E-state index contributed by atoms with van der Waals surface area (Å²) in [6, 6.07) is 12.4. The van der Waals surface area contributed by atoms with E-state index in [-0.39, 0.29) is 6.04 Å². The highest BCUT2D eigenvalue weighted by Gasteiger charge is 2.15. The van der Waals surface area contributed by atoms with Gasteiger partial charge in [0.15, 0.2) is 0 Å². The zero-order chi connectivity index (χ0) is 13.4. The van der Waals surface area contributed by atoms with Gasteiger partial charge >= 0.3 is 0 Å². The van der Waals surface area contributed by atoms with Crippen molar-refractivity contribution in [2.45, 2.75) is 25.3 Å². The molecule has 0 fully saturated rings. The van der Waals surface area contributed by atoms with E-state index in [4.69, 9.17) is 17.3 Å². The molecule has 0 aromatic heterocycles. The molecule has 0 radical (unpaired) electrons. The fourth-order valence-electron chi connectivity index (χ4n) is 2.68. The second-order valence-corrected chi connectivity index (χ2v) is 6.29. The van der Waals surface area contributed by atoms with Gasteiger partial charge in [-0.2, -0.15) is 0 Å². The van der Waals surface area contributed by atoms with Crippen LogP contribution < -0.4 is 5.73 Å². The first-order valence-corrected chi connectivity index (χ1v) is 7.64. The second kappa shape index (κ2) is 5.28. The molecule has 0 saturated carbocycles. The zero-order valence-electron chi connectivity index (χ0n) is 10.5. The molecule has 0 amide bonds. The molecule has 1 aliphatic rings. The van der Waals surface area contributed by atoms with Gasteiger partial charge in [0.1, 0.15) is 0 Å². The summed E-state index contributed by atoms with van der Waals surface area (Å²) in [6.07, 6.45) is 3.65. The van der Waals surface area contributed by atoms with Gasteiger partial charge in [-0.25, -0.2) is 0 Å². The molecule has 1 atom stereocenters. The minimum atomic E-state index is -0.0977. The predicted octanol–water partition coefficient (Wildman–Crippen LogP) is 4.64. The number of halogens is 2. The molecule has 2 aromatic rings. The van der Waals surface area contributed by atoms with Crippen LogP contribution in [0.25, 0.3) is 0 Å². The van der Waals surface area contributed by atoms with Crippen molar-refractivity contribution in [3.05, 3.63) is 68.1 Å². The molecule has 0 heterocycles. The van der Waals surface area contributed by atoms with Gasteiger partial charge in [-0.3, -0.25) is 0 Å². The Morgan fingerprint density at radius 2 is 1.68 bits per heavy atom. The van der Waals surface area contributed by atoms with E-state index >= 15 is 0 Å². The van der Waals surface area contributed by atoms with E-state index in [2.05, 4.69) is 34.1 Å². The van der Waals surface area contributed by atoms with Crippen LogP contribution in [0.3, 0.4) is 0 Å². The molecule has 1 unspecified atom stereocenters. The lowest BCUT2D eigenvalue weighted by atomic mass is 9.96. The van der Waals surface area contributed by atoms with Crippen LogP contribution in [0.1, 0.15) is 34.7 Å². The summed E-state index contributed by atoms with van der Waals surface area (Å²) in [7, 11) is 0. The van der Waals surface area contributed by atoms with Gasteiger partial charge in [0.25, 0.3) is 0 Å². The first-order valence-electron chi connectivity index (χ1n) is 6.47. The molecule has 0 spiro atoms. The fourth-order valence-corrected chi connectivity index (χ4v) is 3.20. The monoisotopic (exact) mass is 335 g/mol. The van der Waals surface area contributed by atoms with E-state index in [9.17, 15) is 0 Å². The Morgan fingerprint density at radius 3 is 2.47 bits per heavy atom. The van der Waals surface area contributed by atoms with E-state index in [0.717, 1.165) is 10.0 Å². The van der Waals surface area contributed by atoms with Crippen LogP contribution in [0, 0.1) is 0 Å². The maximum absolute atomic E-state index is 6.37. The highest BCUT2D eigenvalue weighted by molar-refractivity contribution is 9.10. The molecule has 1 nitrogen and oxygen atoms in total. The smallest absolute Gasteiger partial charge is 0.0552 e. The van der Waals surface area contributed by atoms with Crippen molar-refractivity contribution in [3.8, 4) is 0 Å². The van der Waals surface area contributed by atoms with Crippen molar-refractivity contribution in [1.82, 2.24) is 0 Å². The maximum Gasteiger partial charge on any atom is 0.0552 e.